The number of nitrogens with two attached hydrogens (primary N) is 1. The number of ketones is 1. The molecular formula is C12H20N4O2. The van der Waals surface area contributed by atoms with Crippen LogP contribution in [0.15, 0.2) is 12.3 Å². The average molecular weight is 252 g/mol. The zero-order chi connectivity index (χ0) is 13.8. The minimum absolute atomic E-state index is 0.156. The standard InChI is InChI=1S/C12H20N4O2/c1-8(16-18-12(2,3)4)11(17)9-5-6-14-10(7-13)15-9/h5-6,8,16H,7,13H2,1-4H3. The molecule has 0 aliphatic heterocycles. The molecule has 1 aromatic rings. The molecule has 0 bridgehead atoms. The number of hydrogen-bond donors (Lipinski definition) is 2. The molecule has 3 N–H and O–H groups in total. The molecular weight excluding hydrogens is 232 g/mol. The zero-order valence-corrected chi connectivity index (χ0v) is 11.2. The van der Waals surface area contributed by atoms with Crippen LogP contribution in [0.2, 0.25) is 0 Å². The van der Waals surface area contributed by atoms with E-state index in [1.807, 2.05) is 20.8 Å². The zero-order valence-electron chi connectivity index (χ0n) is 11.2. The second-order valence-corrected chi connectivity index (χ2v) is 4.98. The van der Waals surface area contributed by atoms with Crippen molar-refractivity contribution in [2.24, 2.45) is 5.73 Å². The largest absolute Gasteiger partial charge is 0.324 e. The molecule has 0 aliphatic carbocycles. The third-order valence-corrected chi connectivity index (χ3v) is 2.08. The molecule has 0 saturated carbocycles. The quantitative estimate of drug-likeness (QED) is 0.596. The van der Waals surface area contributed by atoms with Gasteiger partial charge in [-0.05, 0) is 33.8 Å². The van der Waals surface area contributed by atoms with Crippen molar-refractivity contribution in [3.63, 3.8) is 0 Å². The van der Waals surface area contributed by atoms with Crippen molar-refractivity contribution in [3.05, 3.63) is 23.8 Å². The van der Waals surface area contributed by atoms with Gasteiger partial charge in [0, 0.05) is 6.20 Å². The van der Waals surface area contributed by atoms with E-state index in [2.05, 4.69) is 15.4 Å². The van der Waals surface area contributed by atoms with Crippen molar-refractivity contribution in [1.82, 2.24) is 15.4 Å². The van der Waals surface area contributed by atoms with Crippen LogP contribution in [0.1, 0.15) is 44.0 Å². The number of rotatable bonds is 5. The van der Waals surface area contributed by atoms with Gasteiger partial charge in [0.05, 0.1) is 18.2 Å². The van der Waals surface area contributed by atoms with Gasteiger partial charge in [0.1, 0.15) is 11.5 Å². The maximum absolute atomic E-state index is 12.1. The van der Waals surface area contributed by atoms with Crippen molar-refractivity contribution < 1.29 is 9.63 Å². The molecule has 0 fully saturated rings. The summed E-state index contributed by atoms with van der Waals surface area (Å²) in [5.41, 5.74) is 8.13. The summed E-state index contributed by atoms with van der Waals surface area (Å²) in [7, 11) is 0. The van der Waals surface area contributed by atoms with E-state index in [-0.39, 0.29) is 17.9 Å². The number of carbonyl (C=O) groups is 1. The molecule has 6 nitrogen and oxygen atoms in total. The molecule has 100 valence electrons. The number of nitrogens with zero attached hydrogens (tertiary/aromatic N) is 2. The topological polar surface area (TPSA) is 90.1 Å². The summed E-state index contributed by atoms with van der Waals surface area (Å²) in [6.07, 6.45) is 1.53. The van der Waals surface area contributed by atoms with Crippen molar-refractivity contribution in [1.29, 1.82) is 0 Å². The molecule has 1 unspecified atom stereocenters. The monoisotopic (exact) mass is 252 g/mol. The highest BCUT2D eigenvalue weighted by atomic mass is 16.7. The first-order chi connectivity index (χ1) is 8.33. The summed E-state index contributed by atoms with van der Waals surface area (Å²) in [6.45, 7) is 7.62. The Kier molecular flexibility index (Phi) is 4.89. The van der Waals surface area contributed by atoms with E-state index in [1.165, 1.54) is 6.20 Å². The van der Waals surface area contributed by atoms with Crippen LogP contribution in [0, 0.1) is 0 Å². The van der Waals surface area contributed by atoms with Crippen LogP contribution >= 0.6 is 0 Å². The van der Waals surface area contributed by atoms with Crippen LogP contribution in [-0.2, 0) is 11.4 Å². The number of hydrogen-bond acceptors (Lipinski definition) is 6. The summed E-state index contributed by atoms with van der Waals surface area (Å²) >= 11 is 0. The molecule has 0 spiro atoms. The predicted molar refractivity (Wildman–Crippen MR) is 67.7 cm³/mol. The van der Waals surface area contributed by atoms with E-state index >= 15 is 0 Å². The van der Waals surface area contributed by atoms with Gasteiger partial charge >= 0.3 is 0 Å². The summed E-state index contributed by atoms with van der Waals surface area (Å²) < 4.78 is 0. The van der Waals surface area contributed by atoms with Crippen LogP contribution in [0.4, 0.5) is 0 Å². The Bertz CT molecular complexity index is 415. The lowest BCUT2D eigenvalue weighted by molar-refractivity contribution is -0.0808. The van der Waals surface area contributed by atoms with Gasteiger partial charge in [-0.15, -0.1) is 0 Å². The second kappa shape index (κ2) is 5.99. The van der Waals surface area contributed by atoms with E-state index in [0.29, 0.717) is 11.5 Å². The first-order valence-electron chi connectivity index (χ1n) is 5.83. The van der Waals surface area contributed by atoms with E-state index in [9.17, 15) is 4.79 Å². The summed E-state index contributed by atoms with van der Waals surface area (Å²) in [4.78, 5) is 25.4. The van der Waals surface area contributed by atoms with Crippen LogP contribution in [0.25, 0.3) is 0 Å². The molecule has 0 aliphatic rings. The first kappa shape index (κ1) is 14.7. The Labute approximate surface area is 107 Å². The fourth-order valence-electron chi connectivity index (χ4n) is 1.18. The third-order valence-electron chi connectivity index (χ3n) is 2.08. The number of carbonyl (C=O) groups excluding carboxylic acids is 1. The molecule has 1 atom stereocenters. The summed E-state index contributed by atoms with van der Waals surface area (Å²) in [5.74, 6) is 0.293. The molecule has 0 radical (unpaired) electrons. The highest BCUT2D eigenvalue weighted by molar-refractivity contribution is 5.97. The van der Waals surface area contributed by atoms with Crippen LogP contribution in [0.5, 0.6) is 0 Å². The van der Waals surface area contributed by atoms with Gasteiger partial charge in [0.2, 0.25) is 0 Å². The van der Waals surface area contributed by atoms with E-state index < -0.39 is 6.04 Å². The number of aromatic nitrogens is 2. The predicted octanol–water partition coefficient (Wildman–Crippen LogP) is 0.826. The molecule has 1 heterocycles. The van der Waals surface area contributed by atoms with E-state index in [0.717, 1.165) is 0 Å². The van der Waals surface area contributed by atoms with Crippen molar-refractivity contribution in [2.45, 2.75) is 45.9 Å². The van der Waals surface area contributed by atoms with Crippen molar-refractivity contribution in [2.75, 3.05) is 0 Å². The normalized spacial score (nSPS) is 13.4. The van der Waals surface area contributed by atoms with Crippen molar-refractivity contribution in [3.8, 4) is 0 Å². The average Bonchev–Trinajstić information content (AvgIpc) is 2.34. The highest BCUT2D eigenvalue weighted by Crippen LogP contribution is 2.06. The third kappa shape index (κ3) is 4.48. The molecule has 18 heavy (non-hydrogen) atoms. The lowest BCUT2D eigenvalue weighted by Crippen LogP contribution is -2.40. The van der Waals surface area contributed by atoms with Crippen molar-refractivity contribution >= 4 is 5.78 Å². The van der Waals surface area contributed by atoms with Crippen LogP contribution < -0.4 is 11.2 Å². The lowest BCUT2D eigenvalue weighted by Gasteiger charge is -2.22. The molecule has 0 saturated heterocycles. The second-order valence-electron chi connectivity index (χ2n) is 4.98. The van der Waals surface area contributed by atoms with Gasteiger partial charge in [-0.2, -0.15) is 5.48 Å². The maximum Gasteiger partial charge on any atom is 0.200 e. The SMILES string of the molecule is CC(NOC(C)(C)C)C(=O)c1ccnc(CN)n1. The number of Topliss-reactive ketones (excluding diaryl/α,β-unsaturated/α-hetero) is 1. The minimum Gasteiger partial charge on any atom is -0.324 e. The Morgan fingerprint density at radius 2 is 2.22 bits per heavy atom. The van der Waals surface area contributed by atoms with Gasteiger partial charge in [-0.1, -0.05) is 0 Å². The summed E-state index contributed by atoms with van der Waals surface area (Å²) in [6, 6.07) is 1.08. The molecule has 1 aromatic heterocycles. The fourth-order valence-corrected chi connectivity index (χ4v) is 1.18. The minimum atomic E-state index is -0.482. The van der Waals surface area contributed by atoms with Crippen LogP contribution in [-0.4, -0.2) is 27.4 Å². The van der Waals surface area contributed by atoms with Gasteiger partial charge in [-0.3, -0.25) is 9.63 Å². The van der Waals surface area contributed by atoms with Gasteiger partial charge in [-0.25, -0.2) is 9.97 Å². The number of nitrogens with one attached hydrogen (secondary N) is 1. The highest BCUT2D eigenvalue weighted by Gasteiger charge is 2.20. The Hall–Kier alpha value is -1.37. The fraction of sp³-hybridized carbons (Fsp3) is 0.583. The van der Waals surface area contributed by atoms with Gasteiger partial charge in [0.25, 0.3) is 0 Å². The van der Waals surface area contributed by atoms with E-state index in [4.69, 9.17) is 10.6 Å². The van der Waals surface area contributed by atoms with E-state index in [1.54, 1.807) is 13.0 Å². The summed E-state index contributed by atoms with van der Waals surface area (Å²) in [5, 5.41) is 0. The molecule has 0 aromatic carbocycles. The smallest absolute Gasteiger partial charge is 0.200 e. The first-order valence-corrected chi connectivity index (χ1v) is 5.83. The lowest BCUT2D eigenvalue weighted by atomic mass is 10.1. The Balaban J connectivity index is 2.68. The Morgan fingerprint density at radius 1 is 1.56 bits per heavy atom. The Morgan fingerprint density at radius 3 is 2.78 bits per heavy atom. The van der Waals surface area contributed by atoms with Gasteiger partial charge in [0.15, 0.2) is 5.78 Å². The maximum atomic E-state index is 12.1. The number of hydroxylamine groups is 1. The van der Waals surface area contributed by atoms with Gasteiger partial charge < -0.3 is 5.73 Å². The van der Waals surface area contributed by atoms with Crippen LogP contribution in [0.3, 0.4) is 0 Å². The molecule has 6 heteroatoms. The molecule has 0 amide bonds. The molecule has 1 rings (SSSR count).